The number of benzene rings is 1. The summed E-state index contributed by atoms with van der Waals surface area (Å²) in [5, 5.41) is 18.3. The number of nitrogens with zero attached hydrogens (tertiary/aromatic N) is 5. The summed E-state index contributed by atoms with van der Waals surface area (Å²) in [5.41, 5.74) is 2.36. The topological polar surface area (TPSA) is 80.5 Å². The minimum atomic E-state index is 0.290. The normalized spacial score (nSPS) is 10.6. The van der Waals surface area contributed by atoms with Crippen molar-refractivity contribution in [1.82, 2.24) is 19.7 Å². The van der Waals surface area contributed by atoms with E-state index in [1.165, 1.54) is 11.8 Å². The van der Waals surface area contributed by atoms with Crippen LogP contribution in [-0.4, -0.2) is 19.7 Å². The third kappa shape index (κ3) is 3.36. The predicted molar refractivity (Wildman–Crippen MR) is 96.3 cm³/mol. The molecule has 0 aliphatic carbocycles. The fourth-order valence-corrected chi connectivity index (χ4v) is 3.30. The average Bonchev–Trinajstić information content (AvgIpc) is 3.34. The van der Waals surface area contributed by atoms with E-state index in [1.807, 2.05) is 54.7 Å². The highest BCUT2D eigenvalue weighted by molar-refractivity contribution is 7.99. The van der Waals surface area contributed by atoms with Gasteiger partial charge in [0.05, 0.1) is 24.7 Å². The molecule has 0 aliphatic rings. The lowest BCUT2D eigenvalue weighted by molar-refractivity contribution is 0.485. The Kier molecular flexibility index (Phi) is 4.50. The second kappa shape index (κ2) is 7.25. The van der Waals surface area contributed by atoms with Crippen LogP contribution in [0.4, 0.5) is 0 Å². The highest BCUT2D eigenvalue weighted by Gasteiger charge is 2.15. The minimum Gasteiger partial charge on any atom is -0.467 e. The van der Waals surface area contributed by atoms with E-state index in [2.05, 4.69) is 19.7 Å². The van der Waals surface area contributed by atoms with Gasteiger partial charge in [0, 0.05) is 0 Å². The van der Waals surface area contributed by atoms with Crippen LogP contribution in [0, 0.1) is 11.3 Å². The maximum absolute atomic E-state index is 8.85. The Morgan fingerprint density at radius 2 is 1.92 bits per heavy atom. The molecule has 4 rings (SSSR count). The second-order valence-corrected chi connectivity index (χ2v) is 6.42. The van der Waals surface area contributed by atoms with Gasteiger partial charge < -0.3 is 8.98 Å². The number of hydrogen-bond acceptors (Lipinski definition) is 6. The molecule has 126 valence electrons. The molecule has 0 unspecified atom stereocenters. The van der Waals surface area contributed by atoms with E-state index in [0.29, 0.717) is 17.3 Å². The van der Waals surface area contributed by atoms with E-state index < -0.39 is 0 Å². The van der Waals surface area contributed by atoms with Crippen molar-refractivity contribution < 1.29 is 4.42 Å². The van der Waals surface area contributed by atoms with E-state index in [-0.39, 0.29) is 0 Å². The maximum atomic E-state index is 8.85. The summed E-state index contributed by atoms with van der Waals surface area (Å²) in [4.78, 5) is 4.56. The predicted octanol–water partition coefficient (Wildman–Crippen LogP) is 4.00. The molecule has 0 fully saturated rings. The zero-order valence-corrected chi connectivity index (χ0v) is 14.4. The van der Waals surface area contributed by atoms with Crippen LogP contribution in [0.3, 0.4) is 0 Å². The van der Waals surface area contributed by atoms with Crippen LogP contribution in [-0.2, 0) is 6.54 Å². The molecule has 4 aromatic rings. The van der Waals surface area contributed by atoms with Crippen LogP contribution in [0.25, 0.3) is 11.3 Å². The molecule has 0 atom stereocenters. The van der Waals surface area contributed by atoms with Gasteiger partial charge >= 0.3 is 0 Å². The minimum absolute atomic E-state index is 0.290. The molecule has 0 bridgehead atoms. The first-order valence-corrected chi connectivity index (χ1v) is 8.70. The van der Waals surface area contributed by atoms with Crippen molar-refractivity contribution in [2.45, 2.75) is 16.7 Å². The molecule has 0 amide bonds. The first-order chi connectivity index (χ1) is 12.8. The molecular weight excluding hydrogens is 346 g/mol. The van der Waals surface area contributed by atoms with Gasteiger partial charge in [-0.25, -0.2) is 4.98 Å². The molecule has 3 heterocycles. The summed E-state index contributed by atoms with van der Waals surface area (Å²) in [6, 6.07) is 19.3. The van der Waals surface area contributed by atoms with Gasteiger partial charge in [-0.3, -0.25) is 0 Å². The summed E-state index contributed by atoms with van der Waals surface area (Å²) in [7, 11) is 0. The SMILES string of the molecule is N#Cc1ccc(Sc2ncc(-c3ccccc3)n2Cc2ccco2)nn1. The molecule has 1 aromatic carbocycles. The first kappa shape index (κ1) is 16.1. The molecule has 0 saturated carbocycles. The van der Waals surface area contributed by atoms with Crippen LogP contribution in [0.15, 0.2) is 81.7 Å². The molecule has 0 radical (unpaired) electrons. The lowest BCUT2D eigenvalue weighted by Gasteiger charge is -2.10. The Balaban J connectivity index is 1.71. The van der Waals surface area contributed by atoms with Crippen molar-refractivity contribution >= 4 is 11.8 Å². The van der Waals surface area contributed by atoms with E-state index in [4.69, 9.17) is 9.68 Å². The third-order valence-corrected chi connectivity index (χ3v) is 4.67. The Morgan fingerprint density at radius 1 is 1.04 bits per heavy atom. The number of rotatable bonds is 5. The third-order valence-electron chi connectivity index (χ3n) is 3.73. The number of imidazole rings is 1. The maximum Gasteiger partial charge on any atom is 0.175 e. The summed E-state index contributed by atoms with van der Waals surface area (Å²) in [5.74, 6) is 0.841. The first-order valence-electron chi connectivity index (χ1n) is 7.88. The molecule has 26 heavy (non-hydrogen) atoms. The lowest BCUT2D eigenvalue weighted by Crippen LogP contribution is -2.03. The van der Waals surface area contributed by atoms with Crippen molar-refractivity contribution in [3.8, 4) is 17.3 Å². The van der Waals surface area contributed by atoms with Crippen LogP contribution >= 0.6 is 11.8 Å². The van der Waals surface area contributed by atoms with Gasteiger partial charge in [0.2, 0.25) is 0 Å². The zero-order valence-electron chi connectivity index (χ0n) is 13.6. The largest absolute Gasteiger partial charge is 0.467 e. The molecule has 0 saturated heterocycles. The number of hydrogen-bond donors (Lipinski definition) is 0. The quantitative estimate of drug-likeness (QED) is 0.536. The molecule has 0 aliphatic heterocycles. The Labute approximate surface area is 154 Å². The summed E-state index contributed by atoms with van der Waals surface area (Å²) >= 11 is 1.40. The standard InChI is InChI=1S/C19H13N5OS/c20-11-15-8-9-18(23-22-15)26-19-21-12-17(14-5-2-1-3-6-14)24(19)13-16-7-4-10-25-16/h1-10,12H,13H2. The smallest absolute Gasteiger partial charge is 0.175 e. The summed E-state index contributed by atoms with van der Waals surface area (Å²) in [6.07, 6.45) is 3.51. The number of furan rings is 1. The van der Waals surface area contributed by atoms with Crippen LogP contribution in [0.2, 0.25) is 0 Å². The van der Waals surface area contributed by atoms with Gasteiger partial charge in [0.15, 0.2) is 10.9 Å². The lowest BCUT2D eigenvalue weighted by atomic mass is 10.2. The molecule has 0 spiro atoms. The van der Waals surface area contributed by atoms with Crippen LogP contribution in [0.1, 0.15) is 11.5 Å². The monoisotopic (exact) mass is 359 g/mol. The van der Waals surface area contributed by atoms with Crippen molar-refractivity contribution in [2.24, 2.45) is 0 Å². The molecular formula is C19H13N5OS. The van der Waals surface area contributed by atoms with Crippen LogP contribution < -0.4 is 0 Å². The van der Waals surface area contributed by atoms with Crippen molar-refractivity contribution in [3.05, 3.63) is 78.5 Å². The van der Waals surface area contributed by atoms with E-state index in [0.717, 1.165) is 22.2 Å². The van der Waals surface area contributed by atoms with Gasteiger partial charge in [-0.2, -0.15) is 5.26 Å². The van der Waals surface area contributed by atoms with Crippen molar-refractivity contribution in [2.75, 3.05) is 0 Å². The van der Waals surface area contributed by atoms with E-state index in [1.54, 1.807) is 18.4 Å². The number of nitriles is 1. The van der Waals surface area contributed by atoms with Crippen LogP contribution in [0.5, 0.6) is 0 Å². The molecule has 3 aromatic heterocycles. The fourth-order valence-electron chi connectivity index (χ4n) is 2.52. The van der Waals surface area contributed by atoms with Crippen molar-refractivity contribution in [1.29, 1.82) is 5.26 Å². The zero-order chi connectivity index (χ0) is 17.8. The van der Waals surface area contributed by atoms with Gasteiger partial charge in [-0.1, -0.05) is 30.3 Å². The van der Waals surface area contributed by atoms with Gasteiger partial charge in [0.1, 0.15) is 16.9 Å². The van der Waals surface area contributed by atoms with Crippen molar-refractivity contribution in [3.63, 3.8) is 0 Å². The Morgan fingerprint density at radius 3 is 2.62 bits per heavy atom. The summed E-state index contributed by atoms with van der Waals surface area (Å²) < 4.78 is 7.59. The summed E-state index contributed by atoms with van der Waals surface area (Å²) in [6.45, 7) is 0.559. The Hall–Kier alpha value is -3.37. The highest BCUT2D eigenvalue weighted by atomic mass is 32.2. The average molecular weight is 359 g/mol. The number of aromatic nitrogens is 4. The second-order valence-electron chi connectivity index (χ2n) is 5.43. The van der Waals surface area contributed by atoms with Gasteiger partial charge in [-0.15, -0.1) is 10.2 Å². The molecule has 0 N–H and O–H groups in total. The molecule has 6 nitrogen and oxygen atoms in total. The van der Waals surface area contributed by atoms with Gasteiger partial charge in [-0.05, 0) is 41.6 Å². The van der Waals surface area contributed by atoms with Gasteiger partial charge in [0.25, 0.3) is 0 Å². The Bertz CT molecular complexity index is 1030. The highest BCUT2D eigenvalue weighted by Crippen LogP contribution is 2.30. The molecule has 7 heteroatoms. The van der Waals surface area contributed by atoms with E-state index >= 15 is 0 Å². The fraction of sp³-hybridized carbons (Fsp3) is 0.0526. The van der Waals surface area contributed by atoms with E-state index in [9.17, 15) is 0 Å².